The predicted molar refractivity (Wildman–Crippen MR) is 151 cm³/mol. The highest BCUT2D eigenvalue weighted by atomic mass is 16.6. The highest BCUT2D eigenvalue weighted by Gasteiger charge is 2.59. The number of hydrogen-bond acceptors (Lipinski definition) is 8. The van der Waals surface area contributed by atoms with Crippen molar-refractivity contribution in [2.75, 3.05) is 13.2 Å². The fourth-order valence-electron chi connectivity index (χ4n) is 6.01. The average Bonchev–Trinajstić information content (AvgIpc) is 2.81. The Labute approximate surface area is 240 Å². The van der Waals surface area contributed by atoms with Crippen LogP contribution in [0.1, 0.15) is 120 Å². The van der Waals surface area contributed by atoms with Gasteiger partial charge in [0.25, 0.3) is 0 Å². The first-order valence-corrected chi connectivity index (χ1v) is 14.9. The van der Waals surface area contributed by atoms with Crippen LogP contribution >= 0.6 is 0 Å². The van der Waals surface area contributed by atoms with Crippen molar-refractivity contribution in [2.45, 2.75) is 136 Å². The lowest BCUT2D eigenvalue weighted by Gasteiger charge is -2.59. The number of aliphatic hydroxyl groups is 1. The van der Waals surface area contributed by atoms with E-state index in [0.717, 1.165) is 32.1 Å². The van der Waals surface area contributed by atoms with Crippen LogP contribution in [0.4, 0.5) is 4.79 Å². The zero-order valence-corrected chi connectivity index (χ0v) is 26.0. The van der Waals surface area contributed by atoms with Gasteiger partial charge in [-0.15, -0.1) is 0 Å². The Kier molecular flexibility index (Phi) is 11.1. The number of carbonyl (C=O) groups excluding carboxylic acids is 3. The molecule has 4 bridgehead atoms. The third kappa shape index (κ3) is 9.36. The SMILES string of the molecule is CCC(C)(C)C(=O)OC12CC3CC(CC(O)(C3)C1)C2.CCC(C)(C)C(=O)OCCCNC(=O)OC(C)(C)CC#N. The van der Waals surface area contributed by atoms with Gasteiger partial charge in [0.15, 0.2) is 0 Å². The average molecular weight is 565 g/mol. The van der Waals surface area contributed by atoms with Crippen molar-refractivity contribution in [3.8, 4) is 6.07 Å². The van der Waals surface area contributed by atoms with Crippen LogP contribution < -0.4 is 5.32 Å². The Morgan fingerprint density at radius 2 is 1.50 bits per heavy atom. The van der Waals surface area contributed by atoms with Crippen LogP contribution in [0.15, 0.2) is 0 Å². The van der Waals surface area contributed by atoms with Crippen LogP contribution in [0.25, 0.3) is 0 Å². The van der Waals surface area contributed by atoms with E-state index in [4.69, 9.17) is 19.5 Å². The summed E-state index contributed by atoms with van der Waals surface area (Å²) >= 11 is 0. The maximum Gasteiger partial charge on any atom is 0.407 e. The first kappa shape index (κ1) is 33.9. The quantitative estimate of drug-likeness (QED) is 0.182. The van der Waals surface area contributed by atoms with Gasteiger partial charge in [-0.05, 0) is 105 Å². The molecule has 40 heavy (non-hydrogen) atoms. The second-order valence-electron chi connectivity index (χ2n) is 14.1. The van der Waals surface area contributed by atoms with Gasteiger partial charge in [-0.2, -0.15) is 5.26 Å². The largest absolute Gasteiger partial charge is 0.465 e. The molecular weight excluding hydrogens is 512 g/mol. The molecule has 4 fully saturated rings. The molecule has 1 amide bonds. The summed E-state index contributed by atoms with van der Waals surface area (Å²) in [5.41, 5.74) is -2.61. The Balaban J connectivity index is 0.000000281. The lowest BCUT2D eigenvalue weighted by molar-refractivity contribution is -0.225. The number of nitrogens with zero attached hydrogens (tertiary/aromatic N) is 1. The third-order valence-electron chi connectivity index (χ3n) is 8.86. The van der Waals surface area contributed by atoms with Gasteiger partial charge in [-0.25, -0.2) is 4.79 Å². The van der Waals surface area contributed by atoms with Crippen LogP contribution in [0.3, 0.4) is 0 Å². The Bertz CT molecular complexity index is 936. The van der Waals surface area contributed by atoms with E-state index in [2.05, 4.69) is 5.32 Å². The lowest BCUT2D eigenvalue weighted by Crippen LogP contribution is -2.61. The van der Waals surface area contributed by atoms with Crippen molar-refractivity contribution in [1.82, 2.24) is 5.32 Å². The monoisotopic (exact) mass is 564 g/mol. The first-order valence-electron chi connectivity index (χ1n) is 14.9. The van der Waals surface area contributed by atoms with E-state index in [0.29, 0.717) is 37.6 Å². The first-order chi connectivity index (χ1) is 18.4. The zero-order chi connectivity index (χ0) is 30.4. The second-order valence-corrected chi connectivity index (χ2v) is 14.1. The van der Waals surface area contributed by atoms with Gasteiger partial charge in [0.2, 0.25) is 0 Å². The normalized spacial score (nSPS) is 27.1. The number of rotatable bonds is 11. The molecule has 4 aliphatic rings. The number of nitriles is 1. The molecule has 9 heteroatoms. The summed E-state index contributed by atoms with van der Waals surface area (Å²) in [5.74, 6) is 0.802. The van der Waals surface area contributed by atoms with Gasteiger partial charge in [0, 0.05) is 13.0 Å². The number of esters is 2. The van der Waals surface area contributed by atoms with Gasteiger partial charge >= 0.3 is 18.0 Å². The van der Waals surface area contributed by atoms with Crippen LogP contribution in [-0.2, 0) is 23.8 Å². The fraction of sp³-hybridized carbons (Fsp3) is 0.871. The number of carbonyl (C=O) groups is 3. The Hall–Kier alpha value is -2.34. The van der Waals surface area contributed by atoms with Crippen LogP contribution in [0.2, 0.25) is 0 Å². The van der Waals surface area contributed by atoms with E-state index in [1.54, 1.807) is 13.8 Å². The van der Waals surface area contributed by atoms with Crippen LogP contribution in [0, 0.1) is 34.0 Å². The molecule has 228 valence electrons. The van der Waals surface area contributed by atoms with Gasteiger partial charge in [-0.3, -0.25) is 9.59 Å². The maximum atomic E-state index is 12.4. The number of hydrogen-bond donors (Lipinski definition) is 2. The molecule has 0 spiro atoms. The highest BCUT2D eigenvalue weighted by molar-refractivity contribution is 5.76. The van der Waals surface area contributed by atoms with E-state index in [9.17, 15) is 19.5 Å². The van der Waals surface area contributed by atoms with Gasteiger partial charge in [0.1, 0.15) is 11.2 Å². The maximum absolute atomic E-state index is 12.4. The molecule has 0 aromatic rings. The molecule has 4 aliphatic carbocycles. The van der Waals surface area contributed by atoms with Crippen molar-refractivity contribution < 1.29 is 33.7 Å². The molecule has 9 nitrogen and oxygen atoms in total. The van der Waals surface area contributed by atoms with E-state index in [1.807, 2.05) is 47.6 Å². The van der Waals surface area contributed by atoms with Crippen molar-refractivity contribution in [3.63, 3.8) is 0 Å². The minimum atomic E-state index is -0.809. The molecule has 2 atom stereocenters. The third-order valence-corrected chi connectivity index (χ3v) is 8.86. The number of alkyl carbamates (subject to hydrolysis) is 1. The molecule has 0 aliphatic heterocycles. The van der Waals surface area contributed by atoms with Crippen LogP contribution in [-0.4, -0.2) is 53.1 Å². The standard InChI is InChI=1S/C16H26O3.C15H26N2O4/c1-4-14(2,3)13(17)19-16-8-11-5-12(9-16)7-15(18,6-11)10-16;1-6-14(2,3)12(18)20-11-7-10-17-13(19)21-15(4,5)8-9-16/h11-12,18H,4-10H2,1-3H3;6-8,10-11H2,1-5H3,(H,17,19). The molecule has 0 aromatic carbocycles. The van der Waals surface area contributed by atoms with Crippen molar-refractivity contribution in [1.29, 1.82) is 5.26 Å². The summed E-state index contributed by atoms with van der Waals surface area (Å²) in [6, 6.07) is 1.96. The molecule has 4 rings (SSSR count). The number of ether oxygens (including phenoxy) is 3. The lowest BCUT2D eigenvalue weighted by atomic mass is 9.52. The minimum absolute atomic E-state index is 0.0828. The van der Waals surface area contributed by atoms with E-state index < -0.39 is 28.1 Å². The second kappa shape index (κ2) is 13.1. The van der Waals surface area contributed by atoms with Gasteiger partial charge in [-0.1, -0.05) is 13.8 Å². The van der Waals surface area contributed by atoms with Crippen LogP contribution in [0.5, 0.6) is 0 Å². The molecule has 2 unspecified atom stereocenters. The number of amides is 1. The minimum Gasteiger partial charge on any atom is -0.465 e. The molecular formula is C31H52N2O7. The molecule has 0 saturated heterocycles. The van der Waals surface area contributed by atoms with E-state index >= 15 is 0 Å². The summed E-state index contributed by atoms with van der Waals surface area (Å²) in [7, 11) is 0. The van der Waals surface area contributed by atoms with Gasteiger partial charge in [0.05, 0.1) is 35.5 Å². The van der Waals surface area contributed by atoms with Crippen molar-refractivity contribution in [3.05, 3.63) is 0 Å². The highest BCUT2D eigenvalue weighted by Crippen LogP contribution is 2.59. The summed E-state index contributed by atoms with van der Waals surface area (Å²) in [6.07, 6.45) is 7.23. The topological polar surface area (TPSA) is 135 Å². The smallest absolute Gasteiger partial charge is 0.407 e. The number of nitrogens with one attached hydrogen (secondary N) is 1. The molecule has 0 aromatic heterocycles. The van der Waals surface area contributed by atoms with E-state index in [1.165, 1.54) is 6.42 Å². The van der Waals surface area contributed by atoms with Gasteiger partial charge < -0.3 is 24.6 Å². The summed E-state index contributed by atoms with van der Waals surface area (Å²) in [5, 5.41) is 21.8. The zero-order valence-electron chi connectivity index (χ0n) is 26.0. The molecule has 2 N–H and O–H groups in total. The van der Waals surface area contributed by atoms with E-state index in [-0.39, 0.29) is 30.6 Å². The predicted octanol–water partition coefficient (Wildman–Crippen LogP) is 5.82. The fourth-order valence-corrected chi connectivity index (χ4v) is 6.01. The molecule has 0 heterocycles. The van der Waals surface area contributed by atoms with Crippen molar-refractivity contribution in [2.24, 2.45) is 22.7 Å². The Morgan fingerprint density at radius 3 is 2.00 bits per heavy atom. The molecule has 4 saturated carbocycles. The Morgan fingerprint density at radius 1 is 0.950 bits per heavy atom. The summed E-state index contributed by atoms with van der Waals surface area (Å²) in [4.78, 5) is 35.6. The summed E-state index contributed by atoms with van der Waals surface area (Å²) in [6.45, 7) is 15.5. The summed E-state index contributed by atoms with van der Waals surface area (Å²) < 4.78 is 16.2. The van der Waals surface area contributed by atoms with Crippen molar-refractivity contribution >= 4 is 18.0 Å². The molecule has 0 radical (unpaired) electrons.